The fourth-order valence-electron chi connectivity index (χ4n) is 3.71. The summed E-state index contributed by atoms with van der Waals surface area (Å²) in [4.78, 5) is 38.4. The second-order valence-electron chi connectivity index (χ2n) is 10.2. The Morgan fingerprint density at radius 1 is 1.03 bits per heavy atom. The van der Waals surface area contributed by atoms with Gasteiger partial charge in [0.1, 0.15) is 11.4 Å². The van der Waals surface area contributed by atoms with Gasteiger partial charge in [0.15, 0.2) is 6.10 Å². The van der Waals surface area contributed by atoms with Gasteiger partial charge in [-0.25, -0.2) is 4.79 Å². The number of nitrogens with zero attached hydrogens (tertiary/aromatic N) is 1. The van der Waals surface area contributed by atoms with Gasteiger partial charge in [0.2, 0.25) is 5.91 Å². The quantitative estimate of drug-likeness (QED) is 0.566. The van der Waals surface area contributed by atoms with Crippen molar-refractivity contribution >= 4 is 17.9 Å². The highest BCUT2D eigenvalue weighted by molar-refractivity contribution is 5.80. The Kier molecular flexibility index (Phi) is 10.2. The van der Waals surface area contributed by atoms with Gasteiger partial charge in [-0.05, 0) is 70.1 Å². The molecule has 0 aliphatic carbocycles. The van der Waals surface area contributed by atoms with E-state index in [0.29, 0.717) is 37.2 Å². The molecule has 1 fully saturated rings. The monoisotopic (exact) mass is 475 g/mol. The topological polar surface area (TPSA) is 97.0 Å². The van der Waals surface area contributed by atoms with Crippen molar-refractivity contribution in [3.63, 3.8) is 0 Å². The van der Waals surface area contributed by atoms with E-state index in [9.17, 15) is 14.4 Å². The van der Waals surface area contributed by atoms with E-state index >= 15 is 0 Å². The van der Waals surface area contributed by atoms with Crippen molar-refractivity contribution in [1.29, 1.82) is 0 Å². The third kappa shape index (κ3) is 9.61. The van der Waals surface area contributed by atoms with Crippen molar-refractivity contribution in [3.05, 3.63) is 29.8 Å². The number of amides is 3. The second-order valence-corrected chi connectivity index (χ2v) is 10.2. The van der Waals surface area contributed by atoms with E-state index in [1.807, 2.05) is 29.2 Å². The van der Waals surface area contributed by atoms with Crippen molar-refractivity contribution in [1.82, 2.24) is 15.5 Å². The summed E-state index contributed by atoms with van der Waals surface area (Å²) in [5, 5.41) is 5.60. The number of hydrogen-bond acceptors (Lipinski definition) is 5. The summed E-state index contributed by atoms with van der Waals surface area (Å²) in [7, 11) is 0. The molecule has 0 saturated carbocycles. The Balaban J connectivity index is 1.64. The van der Waals surface area contributed by atoms with Crippen LogP contribution in [0.2, 0.25) is 0 Å². The summed E-state index contributed by atoms with van der Waals surface area (Å²) in [5.74, 6) is 1.33. The predicted molar refractivity (Wildman–Crippen MR) is 132 cm³/mol. The fourth-order valence-corrected chi connectivity index (χ4v) is 3.71. The lowest BCUT2D eigenvalue weighted by Crippen LogP contribution is -2.44. The maximum Gasteiger partial charge on any atom is 0.407 e. The number of likely N-dealkylation sites (tertiary alicyclic amines) is 1. The molecule has 3 amide bonds. The van der Waals surface area contributed by atoms with E-state index in [1.54, 1.807) is 27.7 Å². The molecule has 1 unspecified atom stereocenters. The Morgan fingerprint density at radius 2 is 1.65 bits per heavy atom. The molecule has 1 saturated heterocycles. The number of rotatable bonds is 9. The summed E-state index contributed by atoms with van der Waals surface area (Å²) in [6.07, 6.45) is 0.812. The van der Waals surface area contributed by atoms with Crippen molar-refractivity contribution < 1.29 is 23.9 Å². The van der Waals surface area contributed by atoms with E-state index in [2.05, 4.69) is 24.5 Å². The molecule has 0 aromatic heterocycles. The minimum Gasteiger partial charge on any atom is -0.481 e. The molecule has 2 N–H and O–H groups in total. The first-order valence-corrected chi connectivity index (χ1v) is 12.2. The number of ether oxygens (including phenoxy) is 2. The van der Waals surface area contributed by atoms with Gasteiger partial charge in [-0.3, -0.25) is 9.59 Å². The highest BCUT2D eigenvalue weighted by Gasteiger charge is 2.24. The van der Waals surface area contributed by atoms with Crippen molar-refractivity contribution in [2.45, 2.75) is 78.4 Å². The largest absolute Gasteiger partial charge is 0.481 e. The predicted octanol–water partition coefficient (Wildman–Crippen LogP) is 3.85. The molecule has 190 valence electrons. The molecule has 1 aromatic carbocycles. The first-order chi connectivity index (χ1) is 15.9. The lowest BCUT2D eigenvalue weighted by Gasteiger charge is -2.32. The van der Waals surface area contributed by atoms with Crippen LogP contribution in [0.3, 0.4) is 0 Å². The third-order valence-electron chi connectivity index (χ3n) is 5.77. The summed E-state index contributed by atoms with van der Waals surface area (Å²) >= 11 is 0. The van der Waals surface area contributed by atoms with Gasteiger partial charge in [0.25, 0.3) is 5.91 Å². The maximum atomic E-state index is 12.5. The molecule has 1 aliphatic heterocycles. The number of carbonyl (C=O) groups is 3. The zero-order valence-electron chi connectivity index (χ0n) is 21.5. The highest BCUT2D eigenvalue weighted by Crippen LogP contribution is 2.20. The molecule has 1 atom stereocenters. The zero-order chi connectivity index (χ0) is 25.3. The van der Waals surface area contributed by atoms with E-state index in [1.165, 1.54) is 5.56 Å². The number of hydrogen-bond donors (Lipinski definition) is 2. The third-order valence-corrected chi connectivity index (χ3v) is 5.77. The molecule has 0 radical (unpaired) electrons. The van der Waals surface area contributed by atoms with Crippen molar-refractivity contribution in [3.8, 4) is 5.75 Å². The van der Waals surface area contributed by atoms with Gasteiger partial charge < -0.3 is 25.0 Å². The molecule has 1 aromatic rings. The highest BCUT2D eigenvalue weighted by atomic mass is 16.6. The van der Waals surface area contributed by atoms with E-state index < -0.39 is 17.8 Å². The molecule has 0 bridgehead atoms. The van der Waals surface area contributed by atoms with Crippen LogP contribution in [0.1, 0.15) is 72.3 Å². The van der Waals surface area contributed by atoms with Crippen LogP contribution >= 0.6 is 0 Å². The van der Waals surface area contributed by atoms with Crippen molar-refractivity contribution in [2.24, 2.45) is 5.92 Å². The summed E-state index contributed by atoms with van der Waals surface area (Å²) in [6, 6.07) is 7.84. The average Bonchev–Trinajstić information content (AvgIpc) is 2.76. The summed E-state index contributed by atoms with van der Waals surface area (Å²) in [6.45, 7) is 13.5. The number of alkyl carbamates (subject to hydrolysis) is 1. The standard InChI is InChI=1S/C26H41N3O5/c1-18(2)21-7-9-22(10-8-21)33-19(3)24(31)28-17-20-12-15-29(16-13-20)23(30)11-14-27-25(32)34-26(4,5)6/h7-10,18-20H,11-17H2,1-6H3,(H,27,32)(H,28,31). The van der Waals surface area contributed by atoms with Gasteiger partial charge in [-0.2, -0.15) is 0 Å². The number of carbonyl (C=O) groups excluding carboxylic acids is 3. The molecule has 34 heavy (non-hydrogen) atoms. The Morgan fingerprint density at radius 3 is 2.21 bits per heavy atom. The molecule has 8 heteroatoms. The SMILES string of the molecule is CC(Oc1ccc(C(C)C)cc1)C(=O)NCC1CCN(C(=O)CCNC(=O)OC(C)(C)C)CC1. The molecule has 0 spiro atoms. The van der Waals surface area contributed by atoms with Crippen LogP contribution in [0.25, 0.3) is 0 Å². The van der Waals surface area contributed by atoms with Crippen LogP contribution in [0.4, 0.5) is 4.79 Å². The number of benzene rings is 1. The Hall–Kier alpha value is -2.77. The zero-order valence-corrected chi connectivity index (χ0v) is 21.5. The Bertz CT molecular complexity index is 809. The molecule has 1 aliphatic rings. The van der Waals surface area contributed by atoms with Crippen LogP contribution in [-0.2, 0) is 14.3 Å². The molecule has 2 rings (SSSR count). The van der Waals surface area contributed by atoms with E-state index in [-0.39, 0.29) is 24.8 Å². The van der Waals surface area contributed by atoms with E-state index in [0.717, 1.165) is 12.8 Å². The van der Waals surface area contributed by atoms with Crippen LogP contribution in [0, 0.1) is 5.92 Å². The molecular formula is C26H41N3O5. The van der Waals surface area contributed by atoms with Gasteiger partial charge in [0.05, 0.1) is 0 Å². The summed E-state index contributed by atoms with van der Waals surface area (Å²) < 4.78 is 10.9. The normalized spacial score (nSPS) is 15.6. The van der Waals surface area contributed by atoms with Gasteiger partial charge in [0, 0.05) is 32.6 Å². The van der Waals surface area contributed by atoms with Gasteiger partial charge in [-0.15, -0.1) is 0 Å². The van der Waals surface area contributed by atoms with Crippen LogP contribution < -0.4 is 15.4 Å². The lowest BCUT2D eigenvalue weighted by atomic mass is 9.96. The van der Waals surface area contributed by atoms with Crippen LogP contribution in [-0.4, -0.2) is 60.7 Å². The maximum absolute atomic E-state index is 12.5. The fraction of sp³-hybridized carbons (Fsp3) is 0.654. The van der Waals surface area contributed by atoms with Gasteiger partial charge in [-0.1, -0.05) is 26.0 Å². The molecular weight excluding hydrogens is 434 g/mol. The van der Waals surface area contributed by atoms with Crippen LogP contribution in [0.5, 0.6) is 5.75 Å². The minimum absolute atomic E-state index is 0.0176. The van der Waals surface area contributed by atoms with Crippen LogP contribution in [0.15, 0.2) is 24.3 Å². The minimum atomic E-state index is -0.580. The van der Waals surface area contributed by atoms with Gasteiger partial charge >= 0.3 is 6.09 Å². The molecule has 1 heterocycles. The number of nitrogens with one attached hydrogen (secondary N) is 2. The first-order valence-electron chi connectivity index (χ1n) is 12.2. The smallest absolute Gasteiger partial charge is 0.407 e. The first kappa shape index (κ1) is 27.5. The van der Waals surface area contributed by atoms with E-state index in [4.69, 9.17) is 9.47 Å². The summed E-state index contributed by atoms with van der Waals surface area (Å²) in [5.41, 5.74) is 0.669. The Labute approximate surface area is 203 Å². The lowest BCUT2D eigenvalue weighted by molar-refractivity contribution is -0.133. The van der Waals surface area contributed by atoms with Crippen molar-refractivity contribution in [2.75, 3.05) is 26.2 Å². The second kappa shape index (κ2) is 12.6. The number of piperidine rings is 1. The average molecular weight is 476 g/mol. The molecule has 8 nitrogen and oxygen atoms in total.